The summed E-state index contributed by atoms with van der Waals surface area (Å²) in [6, 6.07) is 7.94. The minimum Gasteiger partial charge on any atom is -0.494 e. The molecule has 0 saturated heterocycles. The van der Waals surface area contributed by atoms with Crippen LogP contribution >= 0.6 is 0 Å². The maximum absolute atomic E-state index is 11.5. The van der Waals surface area contributed by atoms with Crippen molar-refractivity contribution >= 4 is 5.91 Å². The van der Waals surface area contributed by atoms with Gasteiger partial charge in [0.25, 0.3) is 0 Å². The Labute approximate surface area is 114 Å². The van der Waals surface area contributed by atoms with E-state index in [9.17, 15) is 4.79 Å². The molecule has 4 N–H and O–H groups in total. The molecule has 2 unspecified atom stereocenters. The van der Waals surface area contributed by atoms with Gasteiger partial charge in [0.15, 0.2) is 0 Å². The summed E-state index contributed by atoms with van der Waals surface area (Å²) in [7, 11) is 0. The number of amides is 1. The van der Waals surface area contributed by atoms with Crippen LogP contribution in [0.2, 0.25) is 0 Å². The molecule has 0 heterocycles. The summed E-state index contributed by atoms with van der Waals surface area (Å²) in [5.41, 5.74) is 11.9. The number of ether oxygens (including phenoxy) is 1. The fourth-order valence-corrected chi connectivity index (χ4v) is 2.78. The van der Waals surface area contributed by atoms with E-state index in [0.717, 1.165) is 25.0 Å². The van der Waals surface area contributed by atoms with E-state index in [1.54, 1.807) is 0 Å². The van der Waals surface area contributed by atoms with Gasteiger partial charge in [0.2, 0.25) is 5.91 Å². The van der Waals surface area contributed by atoms with Crippen LogP contribution in [0.3, 0.4) is 0 Å². The van der Waals surface area contributed by atoms with Crippen molar-refractivity contribution in [3.63, 3.8) is 0 Å². The lowest BCUT2D eigenvalue weighted by molar-refractivity contribution is -0.124. The molecule has 0 bridgehead atoms. The lowest BCUT2D eigenvalue weighted by atomic mass is 9.85. The Bertz CT molecular complexity index is 444. The Hall–Kier alpha value is -1.55. The van der Waals surface area contributed by atoms with Crippen LogP contribution in [0.5, 0.6) is 5.75 Å². The summed E-state index contributed by atoms with van der Waals surface area (Å²) < 4.78 is 5.69. The Morgan fingerprint density at radius 1 is 1.42 bits per heavy atom. The molecular formula is C15H22N2O2. The first-order chi connectivity index (χ1) is 9.02. The van der Waals surface area contributed by atoms with Crippen molar-refractivity contribution in [2.75, 3.05) is 6.61 Å². The number of carbonyl (C=O) groups is 1. The standard InChI is InChI=1S/C15H22N2O2/c1-11-4-6-13(7-5-11)19-10-8-12-3-2-9-15(12,17)14(16)18/h4-7,12H,2-3,8-10,17H2,1H3,(H2,16,18). The molecule has 19 heavy (non-hydrogen) atoms. The number of nitrogens with two attached hydrogens (primary N) is 2. The molecule has 0 aliphatic heterocycles. The fraction of sp³-hybridized carbons (Fsp3) is 0.533. The van der Waals surface area contributed by atoms with Crippen LogP contribution in [0.1, 0.15) is 31.2 Å². The number of aryl methyl sites for hydroxylation is 1. The van der Waals surface area contributed by atoms with Crippen LogP contribution < -0.4 is 16.2 Å². The first-order valence-corrected chi connectivity index (χ1v) is 6.80. The van der Waals surface area contributed by atoms with Gasteiger partial charge in [-0.25, -0.2) is 0 Å². The molecule has 1 aliphatic rings. The van der Waals surface area contributed by atoms with Crippen LogP contribution in [-0.2, 0) is 4.79 Å². The van der Waals surface area contributed by atoms with E-state index in [-0.39, 0.29) is 11.8 Å². The second kappa shape index (κ2) is 5.61. The molecule has 2 atom stereocenters. The topological polar surface area (TPSA) is 78.3 Å². The maximum atomic E-state index is 11.5. The quantitative estimate of drug-likeness (QED) is 0.848. The minimum absolute atomic E-state index is 0.135. The van der Waals surface area contributed by atoms with E-state index in [0.29, 0.717) is 13.0 Å². The van der Waals surface area contributed by atoms with Crippen molar-refractivity contribution < 1.29 is 9.53 Å². The molecule has 0 aromatic heterocycles. The Morgan fingerprint density at radius 2 is 2.11 bits per heavy atom. The molecule has 0 spiro atoms. The first-order valence-electron chi connectivity index (χ1n) is 6.80. The van der Waals surface area contributed by atoms with Gasteiger partial charge in [-0.2, -0.15) is 0 Å². The minimum atomic E-state index is -0.837. The highest BCUT2D eigenvalue weighted by molar-refractivity contribution is 5.85. The van der Waals surface area contributed by atoms with Gasteiger partial charge in [-0.1, -0.05) is 24.1 Å². The predicted molar refractivity (Wildman–Crippen MR) is 74.7 cm³/mol. The van der Waals surface area contributed by atoms with Gasteiger partial charge in [-0.05, 0) is 44.2 Å². The van der Waals surface area contributed by atoms with Gasteiger partial charge >= 0.3 is 0 Å². The highest BCUT2D eigenvalue weighted by Gasteiger charge is 2.43. The Balaban J connectivity index is 1.85. The van der Waals surface area contributed by atoms with Gasteiger partial charge in [-0.15, -0.1) is 0 Å². The number of hydrogen-bond donors (Lipinski definition) is 2. The molecular weight excluding hydrogens is 240 g/mol. The average Bonchev–Trinajstić information content (AvgIpc) is 2.75. The van der Waals surface area contributed by atoms with Crippen LogP contribution in [0.25, 0.3) is 0 Å². The van der Waals surface area contributed by atoms with Crippen molar-refractivity contribution in [2.24, 2.45) is 17.4 Å². The summed E-state index contributed by atoms with van der Waals surface area (Å²) in [4.78, 5) is 11.5. The van der Waals surface area contributed by atoms with Crippen molar-refractivity contribution in [2.45, 2.75) is 38.1 Å². The molecule has 4 nitrogen and oxygen atoms in total. The van der Waals surface area contributed by atoms with E-state index >= 15 is 0 Å². The van der Waals surface area contributed by atoms with Gasteiger partial charge in [-0.3, -0.25) is 4.79 Å². The van der Waals surface area contributed by atoms with E-state index < -0.39 is 5.54 Å². The monoisotopic (exact) mass is 262 g/mol. The molecule has 1 aromatic rings. The highest BCUT2D eigenvalue weighted by atomic mass is 16.5. The SMILES string of the molecule is Cc1ccc(OCCC2CCCC2(N)C(N)=O)cc1. The predicted octanol–water partition coefficient (Wildman–Crippen LogP) is 1.75. The zero-order valence-corrected chi connectivity index (χ0v) is 11.4. The van der Waals surface area contributed by atoms with Gasteiger partial charge < -0.3 is 16.2 Å². The van der Waals surface area contributed by atoms with Crippen molar-refractivity contribution in [1.29, 1.82) is 0 Å². The van der Waals surface area contributed by atoms with Crippen LogP contribution in [0.15, 0.2) is 24.3 Å². The number of hydrogen-bond acceptors (Lipinski definition) is 3. The van der Waals surface area contributed by atoms with Crippen molar-refractivity contribution in [3.05, 3.63) is 29.8 Å². The van der Waals surface area contributed by atoms with Gasteiger partial charge in [0.1, 0.15) is 5.75 Å². The summed E-state index contributed by atoms with van der Waals surface area (Å²) >= 11 is 0. The van der Waals surface area contributed by atoms with Crippen molar-refractivity contribution in [3.8, 4) is 5.75 Å². The number of benzene rings is 1. The summed E-state index contributed by atoms with van der Waals surface area (Å²) in [5, 5.41) is 0. The lowest BCUT2D eigenvalue weighted by Crippen LogP contribution is -2.54. The van der Waals surface area contributed by atoms with Crippen LogP contribution in [0.4, 0.5) is 0 Å². The highest BCUT2D eigenvalue weighted by Crippen LogP contribution is 2.35. The zero-order chi connectivity index (χ0) is 13.9. The smallest absolute Gasteiger partial charge is 0.237 e. The number of rotatable bonds is 5. The summed E-state index contributed by atoms with van der Waals surface area (Å²) in [6.45, 7) is 2.61. The number of primary amides is 1. The zero-order valence-electron chi connectivity index (χ0n) is 11.4. The molecule has 1 fully saturated rings. The molecule has 1 aliphatic carbocycles. The normalized spacial score (nSPS) is 26.3. The van der Waals surface area contributed by atoms with E-state index in [1.807, 2.05) is 31.2 Å². The second-order valence-electron chi connectivity index (χ2n) is 5.44. The Morgan fingerprint density at radius 3 is 2.74 bits per heavy atom. The molecule has 104 valence electrons. The largest absolute Gasteiger partial charge is 0.494 e. The Kier molecular flexibility index (Phi) is 4.10. The van der Waals surface area contributed by atoms with Crippen molar-refractivity contribution in [1.82, 2.24) is 0 Å². The molecule has 2 rings (SSSR count). The van der Waals surface area contributed by atoms with E-state index in [1.165, 1.54) is 5.56 Å². The molecule has 1 saturated carbocycles. The lowest BCUT2D eigenvalue weighted by Gasteiger charge is -2.27. The second-order valence-corrected chi connectivity index (χ2v) is 5.44. The molecule has 0 radical (unpaired) electrons. The van der Waals surface area contributed by atoms with Gasteiger partial charge in [0.05, 0.1) is 12.1 Å². The molecule has 1 amide bonds. The third-order valence-electron chi connectivity index (χ3n) is 4.09. The van der Waals surface area contributed by atoms with E-state index in [2.05, 4.69) is 0 Å². The third kappa shape index (κ3) is 3.07. The average molecular weight is 262 g/mol. The van der Waals surface area contributed by atoms with Crippen LogP contribution in [-0.4, -0.2) is 18.1 Å². The third-order valence-corrected chi connectivity index (χ3v) is 4.09. The summed E-state index contributed by atoms with van der Waals surface area (Å²) in [6.07, 6.45) is 3.39. The van der Waals surface area contributed by atoms with E-state index in [4.69, 9.17) is 16.2 Å². The number of carbonyl (C=O) groups excluding carboxylic acids is 1. The first kappa shape index (κ1) is 13.9. The molecule has 1 aromatic carbocycles. The molecule has 4 heteroatoms. The summed E-state index contributed by atoms with van der Waals surface area (Å²) in [5.74, 6) is 0.603. The maximum Gasteiger partial charge on any atom is 0.237 e. The van der Waals surface area contributed by atoms with Crippen LogP contribution in [0, 0.1) is 12.8 Å². The fourth-order valence-electron chi connectivity index (χ4n) is 2.78. The van der Waals surface area contributed by atoms with Gasteiger partial charge in [0, 0.05) is 0 Å².